The number of nitrogens with zero attached hydrogens (tertiary/aromatic N) is 2. The molecular weight excluding hydrogens is 268 g/mol. The van der Waals surface area contributed by atoms with Crippen molar-refractivity contribution in [3.63, 3.8) is 0 Å². The second kappa shape index (κ2) is 7.00. The maximum atomic E-state index is 12.3. The highest BCUT2D eigenvalue weighted by Crippen LogP contribution is 2.21. The number of hydrogen-bond donors (Lipinski definition) is 2. The molecule has 7 heteroatoms. The van der Waals surface area contributed by atoms with Gasteiger partial charge in [-0.2, -0.15) is 11.8 Å². The van der Waals surface area contributed by atoms with Gasteiger partial charge in [-0.1, -0.05) is 0 Å². The monoisotopic (exact) mass is 290 g/mol. The number of carboxylic acids is 1. The summed E-state index contributed by atoms with van der Waals surface area (Å²) in [6.45, 7) is 2.03. The lowest BCUT2D eigenvalue weighted by Crippen LogP contribution is -2.49. The molecule has 0 spiro atoms. The summed E-state index contributed by atoms with van der Waals surface area (Å²) in [4.78, 5) is 26.2. The third kappa shape index (κ3) is 4.01. The van der Waals surface area contributed by atoms with Crippen LogP contribution in [-0.2, 0) is 4.79 Å². The number of thioether (sulfide) groups is 1. The normalized spacial score (nSPS) is 24.3. The van der Waals surface area contributed by atoms with Gasteiger partial charge >= 0.3 is 12.0 Å². The number of hydrogen-bond acceptors (Lipinski definition) is 4. The van der Waals surface area contributed by atoms with Crippen LogP contribution in [0.4, 0.5) is 4.79 Å². The van der Waals surface area contributed by atoms with Crippen molar-refractivity contribution in [2.75, 3.05) is 25.6 Å². The molecule has 0 aromatic heterocycles. The largest absolute Gasteiger partial charge is 0.480 e. The highest BCUT2D eigenvalue weighted by molar-refractivity contribution is 7.98. The van der Waals surface area contributed by atoms with Crippen LogP contribution in [-0.4, -0.2) is 75.8 Å². The zero-order chi connectivity index (χ0) is 14.6. The van der Waals surface area contributed by atoms with E-state index in [-0.39, 0.29) is 25.0 Å². The van der Waals surface area contributed by atoms with Crippen LogP contribution in [0.25, 0.3) is 0 Å². The number of β-amino-alcohol motifs (C(OH)–C–C–N with tert-alkyl or cyclic N) is 1. The van der Waals surface area contributed by atoms with Gasteiger partial charge in [0.15, 0.2) is 0 Å². The molecule has 6 nitrogen and oxygen atoms in total. The number of rotatable bonds is 5. The predicted molar refractivity (Wildman–Crippen MR) is 74.4 cm³/mol. The SMILES string of the molecule is CSCCC(C)N(C)C(=O)N1CC(O)CC1C(=O)O. The Kier molecular flexibility index (Phi) is 5.93. The zero-order valence-electron chi connectivity index (χ0n) is 11.6. The Labute approximate surface area is 117 Å². The summed E-state index contributed by atoms with van der Waals surface area (Å²) in [5, 5.41) is 18.6. The highest BCUT2D eigenvalue weighted by atomic mass is 32.2. The summed E-state index contributed by atoms with van der Waals surface area (Å²) >= 11 is 1.71. The van der Waals surface area contributed by atoms with Gasteiger partial charge in [-0.25, -0.2) is 9.59 Å². The van der Waals surface area contributed by atoms with Gasteiger partial charge in [-0.15, -0.1) is 0 Å². The fraction of sp³-hybridized carbons (Fsp3) is 0.833. The molecule has 0 aromatic rings. The molecule has 2 amide bonds. The number of carbonyl (C=O) groups is 2. The molecule has 0 aliphatic carbocycles. The standard InChI is InChI=1S/C12H22N2O4S/c1-8(4-5-19-3)13(2)12(18)14-7-9(15)6-10(14)11(16)17/h8-10,15H,4-7H2,1-3H3,(H,16,17). The molecular formula is C12H22N2O4S. The van der Waals surface area contributed by atoms with Gasteiger partial charge in [0.25, 0.3) is 0 Å². The van der Waals surface area contributed by atoms with Crippen molar-refractivity contribution >= 4 is 23.8 Å². The number of likely N-dealkylation sites (tertiary alicyclic amines) is 1. The molecule has 1 saturated heterocycles. The highest BCUT2D eigenvalue weighted by Gasteiger charge is 2.40. The number of amides is 2. The van der Waals surface area contributed by atoms with E-state index in [1.807, 2.05) is 13.2 Å². The van der Waals surface area contributed by atoms with Crippen LogP contribution >= 0.6 is 11.8 Å². The minimum atomic E-state index is -1.06. The molecule has 19 heavy (non-hydrogen) atoms. The van der Waals surface area contributed by atoms with Crippen molar-refractivity contribution in [2.45, 2.75) is 38.0 Å². The van der Waals surface area contributed by atoms with Crippen molar-refractivity contribution in [3.8, 4) is 0 Å². The van der Waals surface area contributed by atoms with Crippen LogP contribution in [0.1, 0.15) is 19.8 Å². The zero-order valence-corrected chi connectivity index (χ0v) is 12.4. The summed E-state index contributed by atoms with van der Waals surface area (Å²) in [6, 6.07) is -1.19. The van der Waals surface area contributed by atoms with E-state index in [2.05, 4.69) is 0 Å². The molecule has 1 rings (SSSR count). The van der Waals surface area contributed by atoms with Crippen molar-refractivity contribution in [1.29, 1.82) is 0 Å². The molecule has 0 aromatic carbocycles. The van der Waals surface area contributed by atoms with Crippen LogP contribution in [0.5, 0.6) is 0 Å². The van der Waals surface area contributed by atoms with E-state index >= 15 is 0 Å². The third-order valence-corrected chi connectivity index (χ3v) is 4.16. The third-order valence-electron chi connectivity index (χ3n) is 3.51. The van der Waals surface area contributed by atoms with Gasteiger partial charge in [0.1, 0.15) is 6.04 Å². The quantitative estimate of drug-likeness (QED) is 0.779. The number of carboxylic acid groups (broad SMARTS) is 1. The number of aliphatic carboxylic acids is 1. The van der Waals surface area contributed by atoms with E-state index < -0.39 is 18.1 Å². The van der Waals surface area contributed by atoms with Crippen molar-refractivity contribution in [1.82, 2.24) is 9.80 Å². The van der Waals surface area contributed by atoms with E-state index in [0.717, 1.165) is 12.2 Å². The summed E-state index contributed by atoms with van der Waals surface area (Å²) in [6.07, 6.45) is 2.22. The van der Waals surface area contributed by atoms with Gasteiger partial charge in [0, 0.05) is 26.1 Å². The lowest BCUT2D eigenvalue weighted by Gasteiger charge is -2.31. The average Bonchev–Trinajstić information content (AvgIpc) is 2.76. The van der Waals surface area contributed by atoms with E-state index in [4.69, 9.17) is 5.11 Å². The molecule has 2 N–H and O–H groups in total. The molecule has 1 heterocycles. The van der Waals surface area contributed by atoms with Crippen LogP contribution in [0, 0.1) is 0 Å². The minimum absolute atomic E-state index is 0.0483. The first kappa shape index (κ1) is 16.1. The minimum Gasteiger partial charge on any atom is -0.480 e. The van der Waals surface area contributed by atoms with Crippen LogP contribution in [0.2, 0.25) is 0 Å². The summed E-state index contributed by atoms with van der Waals surface area (Å²) in [5.74, 6) is -0.112. The Morgan fingerprint density at radius 2 is 2.16 bits per heavy atom. The molecule has 110 valence electrons. The van der Waals surface area contributed by atoms with Gasteiger partial charge in [-0.3, -0.25) is 0 Å². The molecule has 0 radical (unpaired) electrons. The van der Waals surface area contributed by atoms with E-state index in [0.29, 0.717) is 0 Å². The van der Waals surface area contributed by atoms with E-state index in [1.54, 1.807) is 23.7 Å². The second-order valence-corrected chi connectivity index (χ2v) is 5.91. The molecule has 1 aliphatic heterocycles. The van der Waals surface area contributed by atoms with Crippen LogP contribution in [0.15, 0.2) is 0 Å². The van der Waals surface area contributed by atoms with Crippen LogP contribution < -0.4 is 0 Å². The van der Waals surface area contributed by atoms with Gasteiger partial charge in [-0.05, 0) is 25.4 Å². The van der Waals surface area contributed by atoms with Crippen molar-refractivity contribution in [3.05, 3.63) is 0 Å². The fourth-order valence-electron chi connectivity index (χ4n) is 2.13. The summed E-state index contributed by atoms with van der Waals surface area (Å²) in [5.41, 5.74) is 0. The fourth-order valence-corrected chi connectivity index (χ4v) is 2.71. The molecule has 0 bridgehead atoms. The first-order chi connectivity index (χ1) is 8.88. The Balaban J connectivity index is 2.67. The maximum absolute atomic E-state index is 12.3. The van der Waals surface area contributed by atoms with Gasteiger partial charge in [0.05, 0.1) is 6.10 Å². The number of carbonyl (C=O) groups excluding carboxylic acids is 1. The summed E-state index contributed by atoms with van der Waals surface area (Å²) < 4.78 is 0. The molecule has 3 atom stereocenters. The second-order valence-electron chi connectivity index (χ2n) is 4.92. The molecule has 1 aliphatic rings. The van der Waals surface area contributed by atoms with Crippen molar-refractivity contribution < 1.29 is 19.8 Å². The average molecular weight is 290 g/mol. The summed E-state index contributed by atoms with van der Waals surface area (Å²) in [7, 11) is 1.68. The number of urea groups is 1. The smallest absolute Gasteiger partial charge is 0.326 e. The Morgan fingerprint density at radius 3 is 2.68 bits per heavy atom. The topological polar surface area (TPSA) is 81.1 Å². The first-order valence-corrected chi connectivity index (χ1v) is 7.71. The lowest BCUT2D eigenvalue weighted by atomic mass is 10.2. The van der Waals surface area contributed by atoms with Crippen molar-refractivity contribution in [2.24, 2.45) is 0 Å². The van der Waals surface area contributed by atoms with E-state index in [9.17, 15) is 14.7 Å². The van der Waals surface area contributed by atoms with Gasteiger partial charge in [0.2, 0.25) is 0 Å². The van der Waals surface area contributed by atoms with Gasteiger partial charge < -0.3 is 20.0 Å². The number of aliphatic hydroxyl groups is 1. The Hall–Kier alpha value is -0.950. The molecule has 0 saturated carbocycles. The van der Waals surface area contributed by atoms with E-state index in [1.165, 1.54) is 4.90 Å². The van der Waals surface area contributed by atoms with Crippen LogP contribution in [0.3, 0.4) is 0 Å². The number of aliphatic hydroxyl groups excluding tert-OH is 1. The molecule has 3 unspecified atom stereocenters. The molecule has 1 fully saturated rings. The maximum Gasteiger partial charge on any atom is 0.326 e. The Bertz CT molecular complexity index is 340. The Morgan fingerprint density at radius 1 is 1.53 bits per heavy atom. The first-order valence-electron chi connectivity index (χ1n) is 6.31. The predicted octanol–water partition coefficient (Wildman–Crippen LogP) is 0.700. The lowest BCUT2D eigenvalue weighted by molar-refractivity contribution is -0.141.